The number of aryl methyl sites for hydroxylation is 1. The van der Waals surface area contributed by atoms with Gasteiger partial charge in [0.25, 0.3) is 0 Å². The van der Waals surface area contributed by atoms with Gasteiger partial charge in [-0.25, -0.2) is 8.42 Å². The Bertz CT molecular complexity index is 1180. The molecule has 0 bridgehead atoms. The van der Waals surface area contributed by atoms with E-state index in [1.165, 1.54) is 20.6 Å². The van der Waals surface area contributed by atoms with Crippen molar-refractivity contribution in [2.24, 2.45) is 5.92 Å². The quantitative estimate of drug-likeness (QED) is 0.573. The lowest BCUT2D eigenvalue weighted by atomic mass is 9.96. The van der Waals surface area contributed by atoms with E-state index in [1.54, 1.807) is 12.1 Å². The van der Waals surface area contributed by atoms with Crippen molar-refractivity contribution in [1.29, 1.82) is 0 Å². The van der Waals surface area contributed by atoms with Crippen LogP contribution in [-0.4, -0.2) is 33.7 Å². The molecule has 6 heteroatoms. The van der Waals surface area contributed by atoms with E-state index in [1.807, 2.05) is 32.0 Å². The number of carbonyl (C=O) groups excluding carboxylic acids is 1. The van der Waals surface area contributed by atoms with E-state index in [-0.39, 0.29) is 18.4 Å². The van der Waals surface area contributed by atoms with Gasteiger partial charge < -0.3 is 5.32 Å². The lowest BCUT2D eigenvalue weighted by Gasteiger charge is -2.24. The van der Waals surface area contributed by atoms with E-state index in [0.29, 0.717) is 12.2 Å². The molecular formula is C25H30N2O3S. The Morgan fingerprint density at radius 1 is 1.00 bits per heavy atom. The highest BCUT2D eigenvalue weighted by Crippen LogP contribution is 2.25. The molecule has 31 heavy (non-hydrogen) atoms. The van der Waals surface area contributed by atoms with Gasteiger partial charge in [0.1, 0.15) is 6.54 Å². The summed E-state index contributed by atoms with van der Waals surface area (Å²) in [4.78, 5) is 12.6. The highest BCUT2D eigenvalue weighted by Gasteiger charge is 2.23. The van der Waals surface area contributed by atoms with E-state index in [2.05, 4.69) is 42.6 Å². The first-order chi connectivity index (χ1) is 14.7. The minimum atomic E-state index is -3.59. The Morgan fingerprint density at radius 3 is 2.42 bits per heavy atom. The molecule has 1 amide bonds. The van der Waals surface area contributed by atoms with Crippen LogP contribution in [0.3, 0.4) is 0 Å². The molecular weight excluding hydrogens is 408 g/mol. The fourth-order valence-electron chi connectivity index (χ4n) is 3.78. The molecule has 1 N–H and O–H groups in total. The summed E-state index contributed by atoms with van der Waals surface area (Å²) < 4.78 is 25.9. The second-order valence-electron chi connectivity index (χ2n) is 8.24. The van der Waals surface area contributed by atoms with E-state index < -0.39 is 10.0 Å². The summed E-state index contributed by atoms with van der Waals surface area (Å²) in [6, 6.07) is 20.0. The summed E-state index contributed by atoms with van der Waals surface area (Å²) >= 11 is 0. The van der Waals surface area contributed by atoms with Crippen LogP contribution < -0.4 is 9.62 Å². The Morgan fingerprint density at radius 2 is 1.68 bits per heavy atom. The van der Waals surface area contributed by atoms with Crippen LogP contribution in [0.5, 0.6) is 0 Å². The average molecular weight is 439 g/mol. The Kier molecular flexibility index (Phi) is 7.01. The van der Waals surface area contributed by atoms with Gasteiger partial charge in [-0.15, -0.1) is 0 Å². The smallest absolute Gasteiger partial charge is 0.240 e. The minimum absolute atomic E-state index is 0.210. The lowest BCUT2D eigenvalue weighted by molar-refractivity contribution is -0.119. The average Bonchev–Trinajstić information content (AvgIpc) is 2.72. The van der Waals surface area contributed by atoms with Crippen LogP contribution in [0.25, 0.3) is 10.8 Å². The molecule has 0 radical (unpaired) electrons. The van der Waals surface area contributed by atoms with Crippen molar-refractivity contribution in [3.8, 4) is 0 Å². The fourth-order valence-corrected chi connectivity index (χ4v) is 4.69. The number of fused-ring (bicyclic) bond motifs is 1. The normalized spacial score (nSPS) is 12.5. The van der Waals surface area contributed by atoms with Crippen LogP contribution in [0.2, 0.25) is 0 Å². The zero-order valence-corrected chi connectivity index (χ0v) is 19.4. The van der Waals surface area contributed by atoms with Crippen molar-refractivity contribution in [3.63, 3.8) is 0 Å². The van der Waals surface area contributed by atoms with E-state index in [4.69, 9.17) is 0 Å². The van der Waals surface area contributed by atoms with Crippen LogP contribution in [-0.2, 0) is 21.2 Å². The molecule has 3 aromatic rings. The maximum absolute atomic E-state index is 12.6. The highest BCUT2D eigenvalue weighted by atomic mass is 32.2. The molecule has 0 saturated carbocycles. The van der Waals surface area contributed by atoms with Crippen LogP contribution in [0, 0.1) is 19.8 Å². The van der Waals surface area contributed by atoms with Gasteiger partial charge >= 0.3 is 0 Å². The van der Waals surface area contributed by atoms with E-state index in [9.17, 15) is 13.2 Å². The first-order valence-electron chi connectivity index (χ1n) is 10.4. The maximum Gasteiger partial charge on any atom is 0.240 e. The largest absolute Gasteiger partial charge is 0.354 e. The highest BCUT2D eigenvalue weighted by molar-refractivity contribution is 7.92. The Labute approximate surface area is 185 Å². The van der Waals surface area contributed by atoms with Gasteiger partial charge in [0.15, 0.2) is 0 Å². The summed E-state index contributed by atoms with van der Waals surface area (Å²) in [7, 11) is -3.59. The number of sulfonamides is 1. The number of hydrogen-bond acceptors (Lipinski definition) is 3. The van der Waals surface area contributed by atoms with Gasteiger partial charge in [-0.05, 0) is 59.7 Å². The van der Waals surface area contributed by atoms with Crippen molar-refractivity contribution in [2.45, 2.75) is 27.2 Å². The topological polar surface area (TPSA) is 66.5 Å². The molecule has 0 spiro atoms. The molecule has 0 saturated heterocycles. The summed E-state index contributed by atoms with van der Waals surface area (Å²) in [5.74, 6) is -0.0988. The third-order valence-corrected chi connectivity index (χ3v) is 6.75. The van der Waals surface area contributed by atoms with Crippen LogP contribution in [0.15, 0.2) is 60.7 Å². The number of carbonyl (C=O) groups is 1. The van der Waals surface area contributed by atoms with Gasteiger partial charge in [0.2, 0.25) is 15.9 Å². The van der Waals surface area contributed by atoms with Gasteiger partial charge in [-0.1, -0.05) is 61.5 Å². The summed E-state index contributed by atoms with van der Waals surface area (Å²) in [6.07, 6.45) is 1.96. The second kappa shape index (κ2) is 9.52. The zero-order valence-electron chi connectivity index (χ0n) is 18.6. The summed E-state index contributed by atoms with van der Waals surface area (Å²) in [5.41, 5.74) is 3.62. The van der Waals surface area contributed by atoms with Crippen molar-refractivity contribution in [1.82, 2.24) is 5.32 Å². The molecule has 164 valence electrons. The van der Waals surface area contributed by atoms with Crippen LogP contribution in [0.1, 0.15) is 23.6 Å². The first kappa shape index (κ1) is 22.8. The van der Waals surface area contributed by atoms with Gasteiger partial charge in [0, 0.05) is 6.54 Å². The monoisotopic (exact) mass is 438 g/mol. The zero-order chi connectivity index (χ0) is 22.6. The fraction of sp³-hybridized carbons (Fsp3) is 0.320. The van der Waals surface area contributed by atoms with Gasteiger partial charge in [-0.2, -0.15) is 0 Å². The molecule has 0 fully saturated rings. The number of rotatable bonds is 8. The maximum atomic E-state index is 12.6. The molecule has 0 aromatic heterocycles. The van der Waals surface area contributed by atoms with E-state index >= 15 is 0 Å². The van der Waals surface area contributed by atoms with Crippen molar-refractivity contribution in [3.05, 3.63) is 77.4 Å². The third kappa shape index (κ3) is 5.64. The van der Waals surface area contributed by atoms with Gasteiger partial charge in [0.05, 0.1) is 11.9 Å². The molecule has 0 heterocycles. The lowest BCUT2D eigenvalue weighted by Crippen LogP contribution is -2.42. The number of hydrogen-bond donors (Lipinski definition) is 1. The van der Waals surface area contributed by atoms with Crippen molar-refractivity contribution < 1.29 is 13.2 Å². The second-order valence-corrected chi connectivity index (χ2v) is 10.1. The predicted molar refractivity (Wildman–Crippen MR) is 128 cm³/mol. The predicted octanol–water partition coefficient (Wildman–Crippen LogP) is 4.22. The number of nitrogens with zero attached hydrogens (tertiary/aromatic N) is 1. The number of amides is 1. The summed E-state index contributed by atoms with van der Waals surface area (Å²) in [5, 5.41) is 5.34. The van der Waals surface area contributed by atoms with Gasteiger partial charge in [-0.3, -0.25) is 9.10 Å². The standard InChI is InChI=1S/C25H30N2O3S/c1-18(15-22-12-8-11-21-10-5-6-13-23(21)22)16-26-25(28)17-27(31(4,29)30)24-14-7-9-19(2)20(24)3/h5-14,18H,15-17H2,1-4H3,(H,26,28). The molecule has 3 aromatic carbocycles. The Hall–Kier alpha value is -2.86. The first-order valence-corrected chi connectivity index (χ1v) is 12.3. The van der Waals surface area contributed by atoms with E-state index in [0.717, 1.165) is 23.8 Å². The van der Waals surface area contributed by atoms with Crippen LogP contribution >= 0.6 is 0 Å². The van der Waals surface area contributed by atoms with Crippen molar-refractivity contribution >= 4 is 32.4 Å². The number of benzene rings is 3. The number of nitrogens with one attached hydrogen (secondary N) is 1. The molecule has 0 aliphatic carbocycles. The molecule has 1 unspecified atom stereocenters. The van der Waals surface area contributed by atoms with Crippen LogP contribution in [0.4, 0.5) is 5.69 Å². The number of anilines is 1. The minimum Gasteiger partial charge on any atom is -0.354 e. The van der Waals surface area contributed by atoms with Crippen molar-refractivity contribution in [2.75, 3.05) is 23.7 Å². The molecule has 5 nitrogen and oxygen atoms in total. The Balaban J connectivity index is 1.65. The molecule has 0 aliphatic rings. The molecule has 0 aliphatic heterocycles. The SMILES string of the molecule is Cc1cccc(N(CC(=O)NCC(C)Cc2cccc3ccccc23)S(C)(=O)=O)c1C. The summed E-state index contributed by atoms with van der Waals surface area (Å²) in [6.45, 7) is 6.12. The molecule has 3 rings (SSSR count). The third-order valence-electron chi connectivity index (χ3n) is 5.63. The molecule has 1 atom stereocenters.